The number of hydrogen-bond donors (Lipinski definition) is 3. The van der Waals surface area contributed by atoms with Gasteiger partial charge in [0.25, 0.3) is 0 Å². The van der Waals surface area contributed by atoms with Crippen LogP contribution in [0.1, 0.15) is 19.8 Å². The minimum Gasteiger partial charge on any atom is -0.394 e. The van der Waals surface area contributed by atoms with Crippen LogP contribution < -0.4 is 0 Å². The lowest BCUT2D eigenvalue weighted by Gasteiger charge is -2.05. The molecule has 0 unspecified atom stereocenters. The molecule has 0 aliphatic carbocycles. The van der Waals surface area contributed by atoms with Crippen molar-refractivity contribution >= 4 is 10.4 Å². The summed E-state index contributed by atoms with van der Waals surface area (Å²) in [5, 5.41) is 8.40. The monoisotopic (exact) mass is 304 g/mol. The van der Waals surface area contributed by atoms with Gasteiger partial charge >= 0.3 is 10.4 Å². The molecule has 3 N–H and O–H groups in total. The first-order valence-electron chi connectivity index (χ1n) is 5.95. The van der Waals surface area contributed by atoms with Gasteiger partial charge in [0.15, 0.2) is 0 Å². The van der Waals surface area contributed by atoms with E-state index in [1.54, 1.807) is 0 Å². The number of aliphatic hydroxyl groups is 1. The van der Waals surface area contributed by atoms with Crippen LogP contribution in [0.5, 0.6) is 0 Å². The lowest BCUT2D eigenvalue weighted by atomic mass is 10.4. The fourth-order valence-corrected chi connectivity index (χ4v) is 0.853. The fourth-order valence-electron chi connectivity index (χ4n) is 0.853. The molecule has 0 heterocycles. The van der Waals surface area contributed by atoms with E-state index in [2.05, 4.69) is 6.92 Å². The van der Waals surface area contributed by atoms with Crippen molar-refractivity contribution in [3.8, 4) is 0 Å². The minimum absolute atomic E-state index is 0.0696. The Balaban J connectivity index is 0. The first kappa shape index (κ1) is 21.0. The molecule has 0 atom stereocenters. The van der Waals surface area contributed by atoms with Gasteiger partial charge in [-0.1, -0.05) is 13.3 Å². The Bertz CT molecular complexity index is 234. The standard InChI is InChI=1S/C10H22O4.H2O4S/c1-2-3-5-12-7-9-14-10-8-13-6-4-11;1-5(2,3)4/h11H,2-10H2,1H3;(H2,1,2,3,4). The number of ether oxygens (including phenoxy) is 3. The predicted molar refractivity (Wildman–Crippen MR) is 68.6 cm³/mol. The SMILES string of the molecule is CCCCOCCOCCOCCO.O=S(=O)(O)O. The van der Waals surface area contributed by atoms with Crippen molar-refractivity contribution in [3.63, 3.8) is 0 Å². The predicted octanol–water partition coefficient (Wildman–Crippen LogP) is 0.176. The smallest absolute Gasteiger partial charge is 0.394 e. The highest BCUT2D eigenvalue weighted by molar-refractivity contribution is 7.79. The van der Waals surface area contributed by atoms with Crippen LogP contribution in [0.3, 0.4) is 0 Å². The summed E-state index contributed by atoms with van der Waals surface area (Å²) in [6.45, 7) is 5.79. The van der Waals surface area contributed by atoms with Gasteiger partial charge in [-0.25, -0.2) is 0 Å². The van der Waals surface area contributed by atoms with Crippen molar-refractivity contribution in [1.29, 1.82) is 0 Å². The number of unbranched alkanes of at least 4 members (excludes halogenated alkanes) is 1. The van der Waals surface area contributed by atoms with Gasteiger partial charge in [-0.2, -0.15) is 8.42 Å². The van der Waals surface area contributed by atoms with E-state index < -0.39 is 10.4 Å². The molecule has 0 radical (unpaired) electrons. The zero-order chi connectivity index (χ0) is 15.0. The first-order chi connectivity index (χ1) is 8.91. The van der Waals surface area contributed by atoms with Gasteiger partial charge in [0.05, 0.1) is 39.6 Å². The molecule has 0 aliphatic heterocycles. The fraction of sp³-hybridized carbons (Fsp3) is 1.00. The van der Waals surface area contributed by atoms with Crippen LogP contribution in [0.2, 0.25) is 0 Å². The van der Waals surface area contributed by atoms with Gasteiger partial charge in [-0.3, -0.25) is 9.11 Å². The summed E-state index contributed by atoms with van der Waals surface area (Å²) >= 11 is 0. The number of aliphatic hydroxyl groups excluding tert-OH is 1. The lowest BCUT2D eigenvalue weighted by Crippen LogP contribution is -2.11. The van der Waals surface area contributed by atoms with E-state index in [9.17, 15) is 0 Å². The van der Waals surface area contributed by atoms with E-state index in [0.29, 0.717) is 33.0 Å². The van der Waals surface area contributed by atoms with E-state index in [1.807, 2.05) is 0 Å². The normalized spacial score (nSPS) is 10.9. The molecular weight excluding hydrogens is 280 g/mol. The summed E-state index contributed by atoms with van der Waals surface area (Å²) in [6, 6.07) is 0. The molecule has 0 aromatic carbocycles. The zero-order valence-electron chi connectivity index (χ0n) is 11.2. The van der Waals surface area contributed by atoms with Crippen LogP contribution in [-0.2, 0) is 24.6 Å². The van der Waals surface area contributed by atoms with Crippen LogP contribution in [0.25, 0.3) is 0 Å². The quantitative estimate of drug-likeness (QED) is 0.365. The Kier molecular flexibility index (Phi) is 17.4. The maximum Gasteiger partial charge on any atom is 0.394 e. The molecule has 0 spiro atoms. The summed E-state index contributed by atoms with van der Waals surface area (Å²) in [6.07, 6.45) is 2.27. The first-order valence-corrected chi connectivity index (χ1v) is 7.35. The topological polar surface area (TPSA) is 123 Å². The Labute approximate surface area is 114 Å². The highest BCUT2D eigenvalue weighted by Gasteiger charge is 1.90. The van der Waals surface area contributed by atoms with Crippen molar-refractivity contribution in [2.24, 2.45) is 0 Å². The molecular formula is C10H24O8S. The maximum absolute atomic E-state index is 8.74. The Morgan fingerprint density at radius 2 is 1.21 bits per heavy atom. The number of rotatable bonds is 11. The summed E-state index contributed by atoms with van der Waals surface area (Å²) in [5.74, 6) is 0. The second-order valence-electron chi connectivity index (χ2n) is 3.36. The van der Waals surface area contributed by atoms with Gasteiger partial charge in [-0.05, 0) is 6.42 Å². The molecule has 0 saturated heterocycles. The third-order valence-electron chi connectivity index (χ3n) is 1.62. The van der Waals surface area contributed by atoms with Crippen molar-refractivity contribution < 1.29 is 36.8 Å². The molecule has 0 amide bonds. The van der Waals surface area contributed by atoms with Crippen LogP contribution in [0.4, 0.5) is 0 Å². The second-order valence-corrected chi connectivity index (χ2v) is 4.26. The van der Waals surface area contributed by atoms with E-state index in [4.69, 9.17) is 36.8 Å². The average Bonchev–Trinajstić information content (AvgIpc) is 2.29. The van der Waals surface area contributed by atoms with Crippen molar-refractivity contribution in [1.82, 2.24) is 0 Å². The Morgan fingerprint density at radius 3 is 1.58 bits per heavy atom. The Morgan fingerprint density at radius 1 is 0.842 bits per heavy atom. The molecule has 0 aromatic heterocycles. The summed E-state index contributed by atoms with van der Waals surface area (Å²) in [5.41, 5.74) is 0. The molecule has 0 aliphatic rings. The van der Waals surface area contributed by atoms with Crippen molar-refractivity contribution in [3.05, 3.63) is 0 Å². The van der Waals surface area contributed by atoms with Crippen LogP contribution in [0, 0.1) is 0 Å². The van der Waals surface area contributed by atoms with E-state index in [1.165, 1.54) is 0 Å². The third-order valence-corrected chi connectivity index (χ3v) is 1.62. The molecule has 0 rings (SSSR count). The molecule has 0 bridgehead atoms. The second kappa shape index (κ2) is 15.8. The molecule has 0 aromatic rings. The maximum atomic E-state index is 8.74. The van der Waals surface area contributed by atoms with Crippen LogP contribution in [-0.4, -0.2) is 68.9 Å². The van der Waals surface area contributed by atoms with Gasteiger partial charge in [0, 0.05) is 6.61 Å². The summed E-state index contributed by atoms with van der Waals surface area (Å²) in [7, 11) is -4.67. The third kappa shape index (κ3) is 38.1. The van der Waals surface area contributed by atoms with E-state index in [0.717, 1.165) is 19.4 Å². The average molecular weight is 304 g/mol. The summed E-state index contributed by atoms with van der Waals surface area (Å²) < 4.78 is 47.1. The van der Waals surface area contributed by atoms with Gasteiger partial charge in [-0.15, -0.1) is 0 Å². The molecule has 0 fully saturated rings. The zero-order valence-corrected chi connectivity index (χ0v) is 12.0. The molecule has 9 heteroatoms. The summed E-state index contributed by atoms with van der Waals surface area (Å²) in [4.78, 5) is 0. The molecule has 19 heavy (non-hydrogen) atoms. The molecule has 118 valence electrons. The molecule has 8 nitrogen and oxygen atoms in total. The van der Waals surface area contributed by atoms with Crippen LogP contribution >= 0.6 is 0 Å². The lowest BCUT2D eigenvalue weighted by molar-refractivity contribution is 0.00735. The van der Waals surface area contributed by atoms with E-state index in [-0.39, 0.29) is 6.61 Å². The van der Waals surface area contributed by atoms with Gasteiger partial charge in [0.2, 0.25) is 0 Å². The minimum atomic E-state index is -4.67. The van der Waals surface area contributed by atoms with Gasteiger partial charge < -0.3 is 19.3 Å². The largest absolute Gasteiger partial charge is 0.394 e. The van der Waals surface area contributed by atoms with Crippen molar-refractivity contribution in [2.75, 3.05) is 46.2 Å². The van der Waals surface area contributed by atoms with E-state index >= 15 is 0 Å². The highest BCUT2D eigenvalue weighted by atomic mass is 32.3. The van der Waals surface area contributed by atoms with Crippen molar-refractivity contribution in [2.45, 2.75) is 19.8 Å². The highest BCUT2D eigenvalue weighted by Crippen LogP contribution is 1.87. The Hall–Kier alpha value is -0.290. The number of hydrogen-bond acceptors (Lipinski definition) is 6. The molecule has 0 saturated carbocycles. The van der Waals surface area contributed by atoms with Gasteiger partial charge in [0.1, 0.15) is 0 Å². The van der Waals surface area contributed by atoms with Crippen LogP contribution in [0.15, 0.2) is 0 Å².